The Morgan fingerprint density at radius 3 is 3.12 bits per heavy atom. The molecule has 90 valence electrons. The molecule has 0 aliphatic carbocycles. The first-order valence-electron chi connectivity index (χ1n) is 6.11. The summed E-state index contributed by atoms with van der Waals surface area (Å²) in [7, 11) is 0. The van der Waals surface area contributed by atoms with Gasteiger partial charge in [-0.25, -0.2) is 4.98 Å². The van der Waals surface area contributed by atoms with Gasteiger partial charge in [0, 0.05) is 30.5 Å². The molecule has 0 spiro atoms. The number of hydrogen-bond acceptors (Lipinski definition) is 4. The van der Waals surface area contributed by atoms with Crippen molar-refractivity contribution in [1.29, 1.82) is 5.26 Å². The number of nitrogens with zero attached hydrogens (tertiary/aromatic N) is 3. The van der Waals surface area contributed by atoms with E-state index >= 15 is 0 Å². The zero-order chi connectivity index (χ0) is 12.3. The predicted octanol–water partition coefficient (Wildman–Crippen LogP) is 1.66. The van der Waals surface area contributed by atoms with E-state index in [4.69, 9.17) is 11.0 Å². The van der Waals surface area contributed by atoms with Crippen LogP contribution >= 0.6 is 0 Å². The minimum absolute atomic E-state index is 0.382. The molecule has 1 saturated heterocycles. The van der Waals surface area contributed by atoms with Gasteiger partial charge in [0.25, 0.3) is 0 Å². The van der Waals surface area contributed by atoms with Gasteiger partial charge < -0.3 is 10.6 Å². The summed E-state index contributed by atoms with van der Waals surface area (Å²) in [5, 5.41) is 8.89. The van der Waals surface area contributed by atoms with E-state index in [2.05, 4.69) is 22.9 Å². The quantitative estimate of drug-likeness (QED) is 0.839. The molecule has 0 aromatic carbocycles. The molecule has 1 aliphatic heterocycles. The second-order valence-corrected chi connectivity index (χ2v) is 4.59. The number of rotatable bonds is 2. The zero-order valence-electron chi connectivity index (χ0n) is 10.1. The van der Waals surface area contributed by atoms with E-state index in [-0.39, 0.29) is 0 Å². The summed E-state index contributed by atoms with van der Waals surface area (Å²) < 4.78 is 0. The Morgan fingerprint density at radius 2 is 2.41 bits per heavy atom. The Hall–Kier alpha value is -1.60. The second-order valence-electron chi connectivity index (χ2n) is 4.59. The fourth-order valence-corrected chi connectivity index (χ4v) is 2.62. The molecule has 2 rings (SSSR count). The molecule has 1 aromatic heterocycles. The monoisotopic (exact) mass is 230 g/mol. The van der Waals surface area contributed by atoms with Crippen LogP contribution in [-0.4, -0.2) is 23.6 Å². The standard InChI is InChI=1S/C13H18N4/c1-10-3-2-4-13(9-15)17(10)12-5-6-16-11(7-12)8-14/h5-7,10,13H,2-4,9,15H2,1H3. The largest absolute Gasteiger partial charge is 0.364 e. The van der Waals surface area contributed by atoms with E-state index in [1.807, 2.05) is 12.1 Å². The third kappa shape index (κ3) is 2.40. The molecule has 2 atom stereocenters. The van der Waals surface area contributed by atoms with E-state index in [9.17, 15) is 0 Å². The van der Waals surface area contributed by atoms with Crippen molar-refractivity contribution in [1.82, 2.24) is 4.98 Å². The number of pyridine rings is 1. The van der Waals surface area contributed by atoms with Crippen molar-refractivity contribution in [2.45, 2.75) is 38.3 Å². The number of anilines is 1. The van der Waals surface area contributed by atoms with Crippen molar-refractivity contribution in [2.75, 3.05) is 11.4 Å². The van der Waals surface area contributed by atoms with Gasteiger partial charge in [-0.15, -0.1) is 0 Å². The van der Waals surface area contributed by atoms with Gasteiger partial charge in [-0.05, 0) is 38.3 Å². The van der Waals surface area contributed by atoms with Gasteiger partial charge in [0.05, 0.1) is 0 Å². The van der Waals surface area contributed by atoms with Gasteiger partial charge in [0.15, 0.2) is 0 Å². The molecule has 0 saturated carbocycles. The molecule has 2 N–H and O–H groups in total. The summed E-state index contributed by atoms with van der Waals surface area (Å²) in [4.78, 5) is 6.35. The van der Waals surface area contributed by atoms with Crippen molar-refractivity contribution >= 4 is 5.69 Å². The molecule has 4 nitrogen and oxygen atoms in total. The topological polar surface area (TPSA) is 65.9 Å². The molecular formula is C13H18N4. The smallest absolute Gasteiger partial charge is 0.142 e. The van der Waals surface area contributed by atoms with E-state index in [1.165, 1.54) is 12.8 Å². The van der Waals surface area contributed by atoms with Gasteiger partial charge >= 0.3 is 0 Å². The molecule has 0 radical (unpaired) electrons. The van der Waals surface area contributed by atoms with Crippen LogP contribution in [0.2, 0.25) is 0 Å². The summed E-state index contributed by atoms with van der Waals surface area (Å²) in [5.74, 6) is 0. The number of nitriles is 1. The number of hydrogen-bond donors (Lipinski definition) is 1. The highest BCUT2D eigenvalue weighted by Crippen LogP contribution is 2.28. The van der Waals surface area contributed by atoms with E-state index in [1.54, 1.807) is 6.20 Å². The van der Waals surface area contributed by atoms with Crippen molar-refractivity contribution in [3.8, 4) is 6.07 Å². The fourth-order valence-electron chi connectivity index (χ4n) is 2.62. The molecule has 2 heterocycles. The average molecular weight is 230 g/mol. The normalized spacial score (nSPS) is 24.4. The lowest BCUT2D eigenvalue weighted by Crippen LogP contribution is -2.49. The molecule has 0 amide bonds. The van der Waals surface area contributed by atoms with E-state index < -0.39 is 0 Å². The molecular weight excluding hydrogens is 212 g/mol. The fraction of sp³-hybridized carbons (Fsp3) is 0.538. The first kappa shape index (κ1) is 11.9. The third-order valence-electron chi connectivity index (χ3n) is 3.46. The van der Waals surface area contributed by atoms with Crippen LogP contribution in [0.15, 0.2) is 18.3 Å². The van der Waals surface area contributed by atoms with Gasteiger partial charge in [0.2, 0.25) is 0 Å². The van der Waals surface area contributed by atoms with Crippen molar-refractivity contribution in [2.24, 2.45) is 5.73 Å². The SMILES string of the molecule is CC1CCCC(CN)N1c1ccnc(C#N)c1. The van der Waals surface area contributed by atoms with Crippen molar-refractivity contribution in [3.63, 3.8) is 0 Å². The maximum absolute atomic E-state index is 8.89. The van der Waals surface area contributed by atoms with Gasteiger partial charge in [-0.2, -0.15) is 5.26 Å². The minimum atomic E-state index is 0.382. The first-order valence-corrected chi connectivity index (χ1v) is 6.11. The van der Waals surface area contributed by atoms with Crippen LogP contribution in [0.3, 0.4) is 0 Å². The summed E-state index contributed by atoms with van der Waals surface area (Å²) in [5.41, 5.74) is 7.38. The van der Waals surface area contributed by atoms with Crippen LogP contribution in [0.25, 0.3) is 0 Å². The van der Waals surface area contributed by atoms with Crippen molar-refractivity contribution in [3.05, 3.63) is 24.0 Å². The van der Waals surface area contributed by atoms with Crippen LogP contribution in [0.1, 0.15) is 31.9 Å². The zero-order valence-corrected chi connectivity index (χ0v) is 10.1. The maximum Gasteiger partial charge on any atom is 0.142 e. The Balaban J connectivity index is 2.31. The number of aromatic nitrogens is 1. The van der Waals surface area contributed by atoms with Crippen LogP contribution in [0.4, 0.5) is 5.69 Å². The molecule has 1 aromatic rings. The van der Waals surface area contributed by atoms with Gasteiger partial charge in [-0.3, -0.25) is 0 Å². The van der Waals surface area contributed by atoms with Crippen LogP contribution < -0.4 is 10.6 Å². The lowest BCUT2D eigenvalue weighted by molar-refractivity contribution is 0.400. The maximum atomic E-state index is 8.89. The van der Waals surface area contributed by atoms with E-state index in [0.717, 1.165) is 12.1 Å². The minimum Gasteiger partial charge on any atom is -0.364 e. The average Bonchev–Trinajstić information content (AvgIpc) is 2.38. The highest BCUT2D eigenvalue weighted by Gasteiger charge is 2.27. The summed E-state index contributed by atoms with van der Waals surface area (Å²) in [6, 6.07) is 6.76. The first-order chi connectivity index (χ1) is 8.26. The molecule has 4 heteroatoms. The Morgan fingerprint density at radius 1 is 1.59 bits per heavy atom. The summed E-state index contributed by atoms with van der Waals surface area (Å²) in [6.45, 7) is 2.88. The molecule has 2 unspecified atom stereocenters. The van der Waals surface area contributed by atoms with Crippen molar-refractivity contribution < 1.29 is 0 Å². The Bertz CT molecular complexity index is 424. The third-order valence-corrected chi connectivity index (χ3v) is 3.46. The summed E-state index contributed by atoms with van der Waals surface area (Å²) >= 11 is 0. The van der Waals surface area contributed by atoms with Crippen LogP contribution in [0.5, 0.6) is 0 Å². The van der Waals surface area contributed by atoms with E-state index in [0.29, 0.717) is 24.3 Å². The van der Waals surface area contributed by atoms with Gasteiger partial charge in [0.1, 0.15) is 11.8 Å². The molecule has 1 aliphatic rings. The highest BCUT2D eigenvalue weighted by atomic mass is 15.2. The molecule has 0 bridgehead atoms. The van der Waals surface area contributed by atoms with Gasteiger partial charge in [-0.1, -0.05) is 0 Å². The Kier molecular flexibility index (Phi) is 3.60. The lowest BCUT2D eigenvalue weighted by atomic mass is 9.95. The lowest BCUT2D eigenvalue weighted by Gasteiger charge is -2.42. The molecule has 17 heavy (non-hydrogen) atoms. The predicted molar refractivity (Wildman–Crippen MR) is 67.6 cm³/mol. The van der Waals surface area contributed by atoms with Crippen LogP contribution in [-0.2, 0) is 0 Å². The summed E-state index contributed by atoms with van der Waals surface area (Å²) in [6.07, 6.45) is 5.24. The Labute approximate surface area is 102 Å². The highest BCUT2D eigenvalue weighted by molar-refractivity contribution is 5.51. The number of piperidine rings is 1. The van der Waals surface area contributed by atoms with Crippen LogP contribution in [0, 0.1) is 11.3 Å². The number of nitrogens with two attached hydrogens (primary N) is 1. The second kappa shape index (κ2) is 5.15. The molecule has 1 fully saturated rings.